The molecule has 6 aliphatic heterocycles. The molecule has 3 aliphatic carbocycles. The number of ketones is 3. The Labute approximate surface area is 516 Å². The average molecular weight is 1210 g/mol. The van der Waals surface area contributed by atoms with Crippen molar-refractivity contribution >= 4 is 61.2 Å². The number of halogens is 3. The van der Waals surface area contributed by atoms with Gasteiger partial charge in [-0.05, 0) is 168 Å². The molecule has 0 spiro atoms. The summed E-state index contributed by atoms with van der Waals surface area (Å²) in [5, 5.41) is 32.5. The van der Waals surface area contributed by atoms with Crippen molar-refractivity contribution in [2.24, 2.45) is 35.5 Å². The molecule has 6 aromatic rings. The van der Waals surface area contributed by atoms with Crippen molar-refractivity contribution in [3.63, 3.8) is 0 Å². The van der Waals surface area contributed by atoms with Crippen molar-refractivity contribution in [1.82, 2.24) is 28.4 Å². The first-order chi connectivity index (χ1) is 42.3. The van der Waals surface area contributed by atoms with Crippen LogP contribution in [0.2, 0.25) is 0 Å². The molecule has 0 bridgehead atoms. The van der Waals surface area contributed by atoms with Gasteiger partial charge in [-0.25, -0.2) is 13.2 Å². The maximum atomic E-state index is 13.7. The summed E-state index contributed by atoms with van der Waals surface area (Å²) in [5.41, 5.74) is 19.4. The molecule has 1 fully saturated rings. The smallest absolute Gasteiger partial charge is 0.250 e. The number of aryl methyl sites for hydroxylation is 3. The molecule has 9 heterocycles. The van der Waals surface area contributed by atoms with Crippen molar-refractivity contribution in [1.29, 1.82) is 0 Å². The van der Waals surface area contributed by atoms with Gasteiger partial charge in [-0.3, -0.25) is 24.2 Å². The van der Waals surface area contributed by atoms with Crippen molar-refractivity contribution < 1.29 is 42.9 Å². The highest BCUT2D eigenvalue weighted by Crippen LogP contribution is 2.52. The molecule has 3 aromatic heterocycles. The SMILES string of the molecule is CC(F)C(CO)CC(=O)C1C=C2c3cccc4c3c(c3n4CCC3)CC2N(C)C1.CCC(CO)CC(=O)C1CN(C)C2Cc3c4n(c5cccc(c35)C2(C)C1)CCC4.CN1CC(C(=O)CC(CO)C(C)(F)F)C=C2c3cccc4c3c(c3n4CCC3)CC21. The van der Waals surface area contributed by atoms with E-state index in [1.54, 1.807) is 11.3 Å². The Morgan fingerprint density at radius 3 is 1.58 bits per heavy atom. The zero-order valence-corrected chi connectivity index (χ0v) is 52.8. The molecule has 1 saturated heterocycles. The third-order valence-corrected chi connectivity index (χ3v) is 23.0. The monoisotopic (exact) mass is 1200 g/mol. The molecular formula is C73H91F3N6O6. The topological polar surface area (TPSA) is 136 Å². The number of piperidine rings is 1. The van der Waals surface area contributed by atoms with E-state index in [-0.39, 0.29) is 66.8 Å². The summed E-state index contributed by atoms with van der Waals surface area (Å²) in [6, 6.07) is 20.8. The number of nitrogens with zero attached hydrogens (tertiary/aromatic N) is 6. The molecule has 0 radical (unpaired) electrons. The molecule has 470 valence electrons. The van der Waals surface area contributed by atoms with E-state index >= 15 is 0 Å². The molecule has 3 aromatic carbocycles. The van der Waals surface area contributed by atoms with Crippen LogP contribution in [-0.4, -0.2) is 152 Å². The van der Waals surface area contributed by atoms with Crippen molar-refractivity contribution in [2.75, 3.05) is 60.6 Å². The molecule has 11 unspecified atom stereocenters. The lowest BCUT2D eigenvalue weighted by Gasteiger charge is -2.52. The van der Waals surface area contributed by atoms with Crippen LogP contribution in [0, 0.1) is 35.5 Å². The third-order valence-electron chi connectivity index (χ3n) is 23.0. The summed E-state index contributed by atoms with van der Waals surface area (Å²) in [6.07, 6.45) is 15.3. The minimum absolute atomic E-state index is 0.00339. The first-order valence-corrected chi connectivity index (χ1v) is 33.1. The van der Waals surface area contributed by atoms with Crippen LogP contribution < -0.4 is 0 Å². The van der Waals surface area contributed by atoms with Gasteiger partial charge in [-0.15, -0.1) is 0 Å². The van der Waals surface area contributed by atoms with Gasteiger partial charge in [-0.1, -0.05) is 68.8 Å². The van der Waals surface area contributed by atoms with Crippen LogP contribution in [0.4, 0.5) is 13.2 Å². The number of aromatic nitrogens is 3. The number of rotatable bonds is 15. The quantitative estimate of drug-likeness (QED) is 0.0918. The minimum atomic E-state index is -3.07. The highest BCUT2D eigenvalue weighted by atomic mass is 19.3. The summed E-state index contributed by atoms with van der Waals surface area (Å²) in [5.74, 6) is -5.36. The van der Waals surface area contributed by atoms with Crippen LogP contribution in [0.1, 0.15) is 130 Å². The fourth-order valence-electron chi connectivity index (χ4n) is 18.1. The number of carbonyl (C=O) groups excluding carboxylic acids is 3. The number of likely N-dealkylation sites (tertiary alicyclic amines) is 1. The predicted octanol–water partition coefficient (Wildman–Crippen LogP) is 10.8. The van der Waals surface area contributed by atoms with E-state index in [0.717, 1.165) is 83.6 Å². The molecule has 0 saturated carbocycles. The average Bonchev–Trinajstić information content (AvgIpc) is 1.52. The normalized spacial score (nSPS) is 26.5. The van der Waals surface area contributed by atoms with Gasteiger partial charge in [0.05, 0.1) is 12.5 Å². The lowest BCUT2D eigenvalue weighted by atomic mass is 9.61. The number of hydrogen-bond acceptors (Lipinski definition) is 9. The van der Waals surface area contributed by atoms with E-state index < -0.39 is 36.5 Å². The Morgan fingerprint density at radius 1 is 0.625 bits per heavy atom. The first-order valence-electron chi connectivity index (χ1n) is 33.1. The number of hydrogen-bond donors (Lipinski definition) is 3. The molecule has 12 nitrogen and oxygen atoms in total. The molecule has 9 aliphatic rings. The van der Waals surface area contributed by atoms with Gasteiger partial charge in [0.15, 0.2) is 0 Å². The highest BCUT2D eigenvalue weighted by molar-refractivity contribution is 6.02. The van der Waals surface area contributed by atoms with Crippen molar-refractivity contribution in [3.05, 3.63) is 117 Å². The summed E-state index contributed by atoms with van der Waals surface area (Å²) in [4.78, 5) is 46.0. The van der Waals surface area contributed by atoms with Crippen LogP contribution in [0.15, 0.2) is 66.7 Å². The van der Waals surface area contributed by atoms with E-state index in [2.05, 4.69) is 117 Å². The number of carbonyl (C=O) groups is 3. The standard InChI is InChI=1S/C25H34N2O2.C24H28F2N2O2.C24H29FN2O2/c1-4-16(15-28)11-22(29)17-13-25(2)19-7-5-8-21-24(19)18(12-23(25)26(3)14-17)20-9-6-10-27(20)21;1-24(25,26)15(13-29)10-22(30)14-9-17-16-5-3-6-20-23(16)18(11-21(17)27(2)12-14)19-7-4-8-28(19)20;1-14(25)16(13-28)10-23(29)15-9-18-17-5-3-6-21-24(17)19(11-22(18)26(2)12-15)20-7-4-8-27(20)21/h5,7-8,16-17,23,28H,4,6,9-15H2,1-3H3;3,5-6,9,14-15,21,29H,4,7-8,10-13H2,1-2H3;3,5-6,9,14-16,22,28H,4,7-8,10-13H2,1-2H3. The van der Waals surface area contributed by atoms with Crippen molar-refractivity contribution in [3.8, 4) is 0 Å². The number of Topliss-reactive ketones (excluding diaryl/α,β-unsaturated/α-hetero) is 3. The number of alkyl halides is 3. The minimum Gasteiger partial charge on any atom is -0.396 e. The van der Waals surface area contributed by atoms with Crippen LogP contribution in [0.5, 0.6) is 0 Å². The third kappa shape index (κ3) is 10.3. The fraction of sp³-hybridized carbons (Fsp3) is 0.575. The molecule has 0 amide bonds. The zero-order valence-electron chi connectivity index (χ0n) is 52.8. The second-order valence-electron chi connectivity index (χ2n) is 28.3. The fourth-order valence-corrected chi connectivity index (χ4v) is 18.1. The van der Waals surface area contributed by atoms with Gasteiger partial charge < -0.3 is 33.9 Å². The summed E-state index contributed by atoms with van der Waals surface area (Å²) < 4.78 is 48.6. The number of aliphatic hydroxyl groups excluding tert-OH is 3. The lowest BCUT2D eigenvalue weighted by Crippen LogP contribution is -2.58. The highest BCUT2D eigenvalue weighted by Gasteiger charge is 2.51. The number of fused-ring (bicyclic) bond motifs is 15. The van der Waals surface area contributed by atoms with Gasteiger partial charge in [0, 0.05) is 169 Å². The van der Waals surface area contributed by atoms with E-state index in [9.17, 15) is 42.9 Å². The van der Waals surface area contributed by atoms with Crippen LogP contribution in [0.25, 0.3) is 43.9 Å². The van der Waals surface area contributed by atoms with Crippen LogP contribution in [-0.2, 0) is 78.0 Å². The molecule has 15 rings (SSSR count). The number of likely N-dealkylation sites (N-methyl/N-ethyl adjacent to an activating group) is 3. The Morgan fingerprint density at radius 2 is 1.11 bits per heavy atom. The number of aliphatic hydroxyl groups is 3. The largest absolute Gasteiger partial charge is 0.396 e. The molecule has 3 N–H and O–H groups in total. The lowest BCUT2D eigenvalue weighted by molar-refractivity contribution is -0.129. The van der Waals surface area contributed by atoms with E-state index in [4.69, 9.17) is 0 Å². The van der Waals surface area contributed by atoms with Gasteiger partial charge >= 0.3 is 0 Å². The van der Waals surface area contributed by atoms with Gasteiger partial charge in [0.1, 0.15) is 23.5 Å². The van der Waals surface area contributed by atoms with E-state index in [0.29, 0.717) is 37.4 Å². The maximum absolute atomic E-state index is 13.7. The predicted molar refractivity (Wildman–Crippen MR) is 342 cm³/mol. The number of benzene rings is 3. The molecule has 15 heteroatoms. The van der Waals surface area contributed by atoms with Gasteiger partial charge in [0.25, 0.3) is 5.92 Å². The van der Waals surface area contributed by atoms with Crippen molar-refractivity contribution in [2.45, 2.75) is 173 Å². The Kier molecular flexibility index (Phi) is 16.6. The molecule has 11 atom stereocenters. The molecular weight excluding hydrogens is 1110 g/mol. The molecule has 88 heavy (non-hydrogen) atoms. The van der Waals surface area contributed by atoms with Gasteiger partial charge in [0.2, 0.25) is 0 Å². The Bertz CT molecular complexity index is 3780. The zero-order chi connectivity index (χ0) is 61.8. The van der Waals surface area contributed by atoms with Crippen LogP contribution in [0.3, 0.4) is 0 Å². The summed E-state index contributed by atoms with van der Waals surface area (Å²) in [7, 11) is 6.34. The van der Waals surface area contributed by atoms with E-state index in [1.165, 1.54) is 110 Å². The first kappa shape index (κ1) is 61.2. The second-order valence-corrected chi connectivity index (χ2v) is 28.3. The summed E-state index contributed by atoms with van der Waals surface area (Å²) in [6.45, 7) is 11.1. The Balaban J connectivity index is 0.000000122. The summed E-state index contributed by atoms with van der Waals surface area (Å²) >= 11 is 0. The Hall–Kier alpha value is -5.68. The second kappa shape index (κ2) is 23.8. The van der Waals surface area contributed by atoms with E-state index in [1.807, 2.05) is 13.1 Å². The van der Waals surface area contributed by atoms with Crippen LogP contribution >= 0.6 is 0 Å². The maximum Gasteiger partial charge on any atom is 0.250 e. The van der Waals surface area contributed by atoms with Gasteiger partial charge in [-0.2, -0.15) is 0 Å².